The molecule has 0 aromatic heterocycles. The Morgan fingerprint density at radius 3 is 2.82 bits per heavy atom. The summed E-state index contributed by atoms with van der Waals surface area (Å²) < 4.78 is 13.5. The number of halogens is 1. The van der Waals surface area contributed by atoms with Gasteiger partial charge in [0.25, 0.3) is 0 Å². The standard InChI is InChI=1S/C18H25FN2O/c1-2-20-18(22)12-21-9-7-14(8-10-21)16-6-4-13-3-5-15(19)11-17(13)16/h3,5,11,14,16H,2,4,6-10,12H2,1H3,(H,20,22). The molecule has 1 aromatic carbocycles. The molecule has 1 N–H and O–H groups in total. The number of aryl methyl sites for hydroxylation is 1. The molecule has 0 radical (unpaired) electrons. The van der Waals surface area contributed by atoms with Gasteiger partial charge in [-0.2, -0.15) is 0 Å². The highest BCUT2D eigenvalue weighted by Crippen LogP contribution is 2.42. The van der Waals surface area contributed by atoms with Crippen molar-refractivity contribution in [2.75, 3.05) is 26.2 Å². The van der Waals surface area contributed by atoms with E-state index in [-0.39, 0.29) is 11.7 Å². The van der Waals surface area contributed by atoms with Crippen LogP contribution in [0.4, 0.5) is 4.39 Å². The Morgan fingerprint density at radius 1 is 1.32 bits per heavy atom. The molecule has 1 heterocycles. The molecule has 1 atom stereocenters. The maximum atomic E-state index is 13.5. The van der Waals surface area contributed by atoms with E-state index in [4.69, 9.17) is 0 Å². The van der Waals surface area contributed by atoms with E-state index in [9.17, 15) is 9.18 Å². The van der Waals surface area contributed by atoms with Crippen LogP contribution in [0.1, 0.15) is 43.2 Å². The van der Waals surface area contributed by atoms with E-state index in [1.54, 1.807) is 12.1 Å². The Balaban J connectivity index is 1.57. The van der Waals surface area contributed by atoms with E-state index in [1.165, 1.54) is 11.1 Å². The summed E-state index contributed by atoms with van der Waals surface area (Å²) >= 11 is 0. The first-order valence-corrected chi connectivity index (χ1v) is 8.44. The third-order valence-corrected chi connectivity index (χ3v) is 5.17. The molecular weight excluding hydrogens is 279 g/mol. The topological polar surface area (TPSA) is 32.3 Å². The van der Waals surface area contributed by atoms with E-state index in [0.717, 1.165) is 38.8 Å². The van der Waals surface area contributed by atoms with E-state index in [2.05, 4.69) is 10.2 Å². The van der Waals surface area contributed by atoms with Crippen LogP contribution in [0.15, 0.2) is 18.2 Å². The number of nitrogens with one attached hydrogen (secondary N) is 1. The van der Waals surface area contributed by atoms with Gasteiger partial charge in [-0.3, -0.25) is 9.69 Å². The van der Waals surface area contributed by atoms with Crippen LogP contribution >= 0.6 is 0 Å². The largest absolute Gasteiger partial charge is 0.355 e. The molecule has 120 valence electrons. The molecule has 1 aliphatic heterocycles. The zero-order chi connectivity index (χ0) is 15.5. The number of likely N-dealkylation sites (tertiary alicyclic amines) is 1. The predicted molar refractivity (Wildman–Crippen MR) is 85.3 cm³/mol. The highest BCUT2D eigenvalue weighted by molar-refractivity contribution is 5.77. The van der Waals surface area contributed by atoms with Gasteiger partial charge >= 0.3 is 0 Å². The van der Waals surface area contributed by atoms with Gasteiger partial charge in [0.1, 0.15) is 5.82 Å². The van der Waals surface area contributed by atoms with E-state index in [1.807, 2.05) is 13.0 Å². The third-order valence-electron chi connectivity index (χ3n) is 5.17. The summed E-state index contributed by atoms with van der Waals surface area (Å²) in [6.07, 6.45) is 4.46. The second-order valence-corrected chi connectivity index (χ2v) is 6.56. The zero-order valence-electron chi connectivity index (χ0n) is 13.3. The van der Waals surface area contributed by atoms with Gasteiger partial charge in [-0.25, -0.2) is 4.39 Å². The summed E-state index contributed by atoms with van der Waals surface area (Å²) in [6, 6.07) is 5.28. The smallest absolute Gasteiger partial charge is 0.234 e. The Labute approximate surface area is 131 Å². The molecule has 3 nitrogen and oxygen atoms in total. The molecule has 1 amide bonds. The van der Waals surface area contributed by atoms with Crippen molar-refractivity contribution in [2.24, 2.45) is 5.92 Å². The Bertz CT molecular complexity index is 538. The minimum atomic E-state index is -0.112. The normalized spacial score (nSPS) is 22.5. The van der Waals surface area contributed by atoms with Gasteiger partial charge < -0.3 is 5.32 Å². The van der Waals surface area contributed by atoms with Gasteiger partial charge in [0, 0.05) is 6.54 Å². The summed E-state index contributed by atoms with van der Waals surface area (Å²) in [7, 11) is 0. The van der Waals surface area contributed by atoms with Crippen LogP contribution in [0, 0.1) is 11.7 Å². The van der Waals surface area contributed by atoms with Gasteiger partial charge in [-0.05, 0) is 80.8 Å². The van der Waals surface area contributed by atoms with Crippen LogP contribution in [0.2, 0.25) is 0 Å². The fraction of sp³-hybridized carbons (Fsp3) is 0.611. The number of amides is 1. The number of fused-ring (bicyclic) bond motifs is 1. The molecule has 3 rings (SSSR count). The van der Waals surface area contributed by atoms with Crippen LogP contribution in [-0.4, -0.2) is 37.0 Å². The lowest BCUT2D eigenvalue weighted by atomic mass is 9.81. The van der Waals surface area contributed by atoms with Crippen molar-refractivity contribution < 1.29 is 9.18 Å². The average molecular weight is 304 g/mol. The molecule has 22 heavy (non-hydrogen) atoms. The maximum Gasteiger partial charge on any atom is 0.234 e. The average Bonchev–Trinajstić information content (AvgIpc) is 2.91. The fourth-order valence-corrected chi connectivity index (χ4v) is 4.06. The number of piperidine rings is 1. The predicted octanol–water partition coefficient (Wildman–Crippen LogP) is 2.70. The molecule has 0 saturated carbocycles. The Morgan fingerprint density at radius 2 is 2.09 bits per heavy atom. The first kappa shape index (κ1) is 15.5. The summed E-state index contributed by atoms with van der Waals surface area (Å²) in [5.74, 6) is 1.15. The highest BCUT2D eigenvalue weighted by atomic mass is 19.1. The molecule has 4 heteroatoms. The number of hydrogen-bond donors (Lipinski definition) is 1. The van der Waals surface area contributed by atoms with Crippen LogP contribution < -0.4 is 5.32 Å². The first-order valence-electron chi connectivity index (χ1n) is 8.44. The van der Waals surface area contributed by atoms with Crippen molar-refractivity contribution in [3.8, 4) is 0 Å². The molecule has 1 unspecified atom stereocenters. The van der Waals surface area contributed by atoms with Crippen molar-refractivity contribution in [1.29, 1.82) is 0 Å². The monoisotopic (exact) mass is 304 g/mol. The Kier molecular flexibility index (Phi) is 4.77. The Hall–Kier alpha value is -1.42. The number of hydrogen-bond acceptors (Lipinski definition) is 2. The molecule has 1 fully saturated rings. The summed E-state index contributed by atoms with van der Waals surface area (Å²) in [5, 5.41) is 2.86. The second kappa shape index (κ2) is 6.78. The molecule has 1 aliphatic carbocycles. The lowest BCUT2D eigenvalue weighted by molar-refractivity contribution is -0.122. The van der Waals surface area contributed by atoms with Crippen LogP contribution in [-0.2, 0) is 11.2 Å². The van der Waals surface area contributed by atoms with Gasteiger partial charge in [0.05, 0.1) is 6.54 Å². The fourth-order valence-electron chi connectivity index (χ4n) is 4.06. The SMILES string of the molecule is CCNC(=O)CN1CCC(C2CCc3ccc(F)cc32)CC1. The van der Waals surface area contributed by atoms with Gasteiger partial charge in [-0.15, -0.1) is 0 Å². The van der Waals surface area contributed by atoms with Crippen molar-refractivity contribution >= 4 is 5.91 Å². The summed E-state index contributed by atoms with van der Waals surface area (Å²) in [5.41, 5.74) is 2.57. The van der Waals surface area contributed by atoms with E-state index in [0.29, 0.717) is 24.9 Å². The van der Waals surface area contributed by atoms with Crippen molar-refractivity contribution in [3.63, 3.8) is 0 Å². The number of benzene rings is 1. The zero-order valence-corrected chi connectivity index (χ0v) is 13.3. The maximum absolute atomic E-state index is 13.5. The van der Waals surface area contributed by atoms with Gasteiger partial charge in [-0.1, -0.05) is 6.07 Å². The number of carbonyl (C=O) groups excluding carboxylic acids is 1. The third kappa shape index (κ3) is 3.32. The van der Waals surface area contributed by atoms with Crippen LogP contribution in [0.3, 0.4) is 0 Å². The minimum Gasteiger partial charge on any atom is -0.355 e. The highest BCUT2D eigenvalue weighted by Gasteiger charge is 2.32. The van der Waals surface area contributed by atoms with Crippen molar-refractivity contribution in [3.05, 3.63) is 35.1 Å². The lowest BCUT2D eigenvalue weighted by Gasteiger charge is -2.34. The number of carbonyl (C=O) groups is 1. The second-order valence-electron chi connectivity index (χ2n) is 6.56. The summed E-state index contributed by atoms with van der Waals surface area (Å²) in [4.78, 5) is 13.9. The van der Waals surface area contributed by atoms with Gasteiger partial charge in [0.15, 0.2) is 0 Å². The van der Waals surface area contributed by atoms with E-state index < -0.39 is 0 Å². The molecular formula is C18H25FN2O. The summed E-state index contributed by atoms with van der Waals surface area (Å²) in [6.45, 7) is 5.10. The van der Waals surface area contributed by atoms with Crippen molar-refractivity contribution in [2.45, 2.75) is 38.5 Å². The molecule has 0 spiro atoms. The van der Waals surface area contributed by atoms with E-state index >= 15 is 0 Å². The van der Waals surface area contributed by atoms with Gasteiger partial charge in [0.2, 0.25) is 5.91 Å². The first-order chi connectivity index (χ1) is 10.7. The van der Waals surface area contributed by atoms with Crippen molar-refractivity contribution in [1.82, 2.24) is 10.2 Å². The molecule has 0 bridgehead atoms. The molecule has 2 aliphatic rings. The number of likely N-dealkylation sites (N-methyl/N-ethyl adjacent to an activating group) is 1. The number of nitrogens with zero attached hydrogens (tertiary/aromatic N) is 1. The lowest BCUT2D eigenvalue weighted by Crippen LogP contribution is -2.42. The van der Waals surface area contributed by atoms with Crippen LogP contribution in [0.25, 0.3) is 0 Å². The molecule has 1 saturated heterocycles. The molecule has 1 aromatic rings. The number of rotatable bonds is 4. The minimum absolute atomic E-state index is 0.112. The van der Waals surface area contributed by atoms with Crippen LogP contribution in [0.5, 0.6) is 0 Å². The quantitative estimate of drug-likeness (QED) is 0.927.